The number of amides is 1. The summed E-state index contributed by atoms with van der Waals surface area (Å²) >= 11 is 0. The van der Waals surface area contributed by atoms with Gasteiger partial charge in [0.25, 0.3) is 17.4 Å². The molecule has 0 aromatic heterocycles. The van der Waals surface area contributed by atoms with Crippen molar-refractivity contribution in [3.05, 3.63) is 75.3 Å². The largest absolute Gasteiger partial charge is 0.507 e. The molecule has 1 saturated heterocycles. The van der Waals surface area contributed by atoms with Gasteiger partial charge in [0.1, 0.15) is 5.76 Å². The van der Waals surface area contributed by atoms with E-state index in [0.29, 0.717) is 5.56 Å². The Bertz CT molecular complexity index is 1100. The number of nitro benzene ring substituents is 1. The van der Waals surface area contributed by atoms with Crippen molar-refractivity contribution in [1.82, 2.24) is 4.90 Å². The van der Waals surface area contributed by atoms with Crippen molar-refractivity contribution in [2.75, 3.05) is 19.0 Å². The van der Waals surface area contributed by atoms with Gasteiger partial charge in [0, 0.05) is 43.5 Å². The Balaban J connectivity index is 1.87. The molecule has 0 spiro atoms. The summed E-state index contributed by atoms with van der Waals surface area (Å²) in [7, 11) is 3.84. The molecule has 2 aromatic carbocycles. The molecule has 1 amide bonds. The number of benzene rings is 2. The van der Waals surface area contributed by atoms with Gasteiger partial charge in [-0.2, -0.15) is 0 Å². The Labute approximate surface area is 185 Å². The molecular weight excluding hydrogens is 410 g/mol. The number of Topliss-reactive ketones (excluding diaryl/α,β-unsaturated/α-hetero) is 1. The summed E-state index contributed by atoms with van der Waals surface area (Å²) in [6.45, 7) is 0. The highest BCUT2D eigenvalue weighted by Crippen LogP contribution is 2.43. The summed E-state index contributed by atoms with van der Waals surface area (Å²) in [5.41, 5.74) is 1.59. The molecule has 8 heteroatoms. The zero-order valence-corrected chi connectivity index (χ0v) is 18.0. The fraction of sp³-hybridized carbons (Fsp3) is 0.333. The van der Waals surface area contributed by atoms with Crippen molar-refractivity contribution in [3.8, 4) is 0 Å². The van der Waals surface area contributed by atoms with Crippen LogP contribution in [0.5, 0.6) is 0 Å². The van der Waals surface area contributed by atoms with E-state index in [1.807, 2.05) is 43.3 Å². The first kappa shape index (κ1) is 21.5. The molecule has 1 unspecified atom stereocenters. The first-order valence-corrected chi connectivity index (χ1v) is 10.6. The first-order chi connectivity index (χ1) is 15.3. The molecule has 1 heterocycles. The second-order valence-electron chi connectivity index (χ2n) is 8.44. The van der Waals surface area contributed by atoms with Crippen molar-refractivity contribution >= 4 is 28.8 Å². The van der Waals surface area contributed by atoms with Gasteiger partial charge < -0.3 is 14.9 Å². The number of non-ortho nitro benzene ring substituents is 1. The Morgan fingerprint density at radius 3 is 2.34 bits per heavy atom. The maximum absolute atomic E-state index is 13.1. The smallest absolute Gasteiger partial charge is 0.295 e. The second kappa shape index (κ2) is 8.45. The number of nitro groups is 1. The molecule has 2 aromatic rings. The Hall–Kier alpha value is -3.68. The van der Waals surface area contributed by atoms with E-state index in [4.69, 9.17) is 0 Å². The van der Waals surface area contributed by atoms with Crippen LogP contribution in [0, 0.1) is 10.1 Å². The van der Waals surface area contributed by atoms with Crippen molar-refractivity contribution in [2.45, 2.75) is 37.8 Å². The predicted molar refractivity (Wildman–Crippen MR) is 120 cm³/mol. The van der Waals surface area contributed by atoms with Crippen LogP contribution in [0.4, 0.5) is 11.4 Å². The zero-order chi connectivity index (χ0) is 23.0. The Morgan fingerprint density at radius 2 is 1.75 bits per heavy atom. The number of ketones is 1. The molecule has 1 aliphatic heterocycles. The third-order valence-corrected chi connectivity index (χ3v) is 6.25. The van der Waals surface area contributed by atoms with E-state index in [1.165, 1.54) is 24.3 Å². The minimum atomic E-state index is -0.761. The van der Waals surface area contributed by atoms with Gasteiger partial charge in [0.05, 0.1) is 16.5 Å². The molecule has 166 valence electrons. The third kappa shape index (κ3) is 3.72. The van der Waals surface area contributed by atoms with Crippen LogP contribution in [0.3, 0.4) is 0 Å². The quantitative estimate of drug-likeness (QED) is 0.250. The molecule has 1 aliphatic carbocycles. The summed E-state index contributed by atoms with van der Waals surface area (Å²) in [5.74, 6) is -1.79. The van der Waals surface area contributed by atoms with Crippen LogP contribution in [-0.2, 0) is 9.59 Å². The number of likely N-dealkylation sites (tertiary alicyclic amines) is 1. The third-order valence-electron chi connectivity index (χ3n) is 6.25. The molecule has 2 fully saturated rings. The van der Waals surface area contributed by atoms with E-state index in [1.54, 1.807) is 4.90 Å². The summed E-state index contributed by atoms with van der Waals surface area (Å²) in [5, 5.41) is 22.3. The number of hydrogen-bond donors (Lipinski definition) is 1. The molecule has 1 saturated carbocycles. The lowest BCUT2D eigenvalue weighted by atomic mass is 9.94. The lowest BCUT2D eigenvalue weighted by Crippen LogP contribution is -2.37. The van der Waals surface area contributed by atoms with Gasteiger partial charge in [-0.3, -0.25) is 19.7 Å². The lowest BCUT2D eigenvalue weighted by Gasteiger charge is -2.31. The van der Waals surface area contributed by atoms with Gasteiger partial charge in [0.2, 0.25) is 0 Å². The van der Waals surface area contributed by atoms with Gasteiger partial charge >= 0.3 is 0 Å². The van der Waals surface area contributed by atoms with Crippen molar-refractivity contribution in [1.29, 1.82) is 0 Å². The summed E-state index contributed by atoms with van der Waals surface area (Å²) < 4.78 is 0. The zero-order valence-electron chi connectivity index (χ0n) is 18.0. The molecule has 2 aliphatic rings. The van der Waals surface area contributed by atoms with E-state index in [9.17, 15) is 24.8 Å². The monoisotopic (exact) mass is 435 g/mol. The van der Waals surface area contributed by atoms with Crippen LogP contribution in [0.15, 0.2) is 54.1 Å². The highest BCUT2D eigenvalue weighted by atomic mass is 16.6. The topological polar surface area (TPSA) is 104 Å². The van der Waals surface area contributed by atoms with Gasteiger partial charge in [-0.15, -0.1) is 0 Å². The number of carbonyl (C=O) groups excluding carboxylic acids is 2. The Morgan fingerprint density at radius 1 is 1.09 bits per heavy atom. The van der Waals surface area contributed by atoms with Crippen LogP contribution in [0.25, 0.3) is 5.76 Å². The van der Waals surface area contributed by atoms with Crippen molar-refractivity contribution in [2.24, 2.45) is 0 Å². The minimum Gasteiger partial charge on any atom is -0.507 e. The normalized spacial score (nSPS) is 20.7. The number of aliphatic hydroxyl groups excluding tert-OH is 1. The fourth-order valence-electron chi connectivity index (χ4n) is 4.61. The molecule has 1 atom stereocenters. The van der Waals surface area contributed by atoms with Gasteiger partial charge in [-0.1, -0.05) is 37.1 Å². The van der Waals surface area contributed by atoms with E-state index in [2.05, 4.69) is 0 Å². The van der Waals surface area contributed by atoms with Crippen molar-refractivity contribution in [3.63, 3.8) is 0 Å². The van der Waals surface area contributed by atoms with E-state index < -0.39 is 28.4 Å². The average Bonchev–Trinajstić information content (AvgIpc) is 3.40. The predicted octanol–water partition coefficient (Wildman–Crippen LogP) is 4.03. The fourth-order valence-corrected chi connectivity index (χ4v) is 4.61. The maximum Gasteiger partial charge on any atom is 0.295 e. The number of aliphatic hydroxyl groups is 1. The SMILES string of the molecule is CN(C)c1ccc(C2/C(=C(/O)c3cccc([N+](=O)[O-])c3)C(=O)C(=O)N2C2CCCC2)cc1. The lowest BCUT2D eigenvalue weighted by molar-refractivity contribution is -0.384. The van der Waals surface area contributed by atoms with E-state index in [-0.39, 0.29) is 22.9 Å². The Kier molecular flexibility index (Phi) is 5.69. The molecule has 0 bridgehead atoms. The van der Waals surface area contributed by atoms with Crippen LogP contribution < -0.4 is 4.90 Å². The van der Waals surface area contributed by atoms with Crippen LogP contribution in [0.1, 0.15) is 42.9 Å². The van der Waals surface area contributed by atoms with Crippen molar-refractivity contribution < 1.29 is 19.6 Å². The van der Waals surface area contributed by atoms with Gasteiger partial charge in [-0.05, 0) is 30.5 Å². The highest BCUT2D eigenvalue weighted by molar-refractivity contribution is 6.46. The second-order valence-corrected chi connectivity index (χ2v) is 8.44. The summed E-state index contributed by atoms with van der Waals surface area (Å²) in [6, 6.07) is 12.2. The van der Waals surface area contributed by atoms with Crippen LogP contribution >= 0.6 is 0 Å². The minimum absolute atomic E-state index is 0.0278. The number of nitrogens with zero attached hydrogens (tertiary/aromatic N) is 3. The molecule has 4 rings (SSSR count). The number of rotatable bonds is 5. The number of hydrogen-bond acceptors (Lipinski definition) is 6. The van der Waals surface area contributed by atoms with Crippen LogP contribution in [0.2, 0.25) is 0 Å². The summed E-state index contributed by atoms with van der Waals surface area (Å²) in [4.78, 5) is 40.4. The summed E-state index contributed by atoms with van der Waals surface area (Å²) in [6.07, 6.45) is 3.56. The average molecular weight is 435 g/mol. The molecule has 1 N–H and O–H groups in total. The number of carbonyl (C=O) groups is 2. The molecule has 0 radical (unpaired) electrons. The van der Waals surface area contributed by atoms with Gasteiger partial charge in [-0.25, -0.2) is 0 Å². The standard InChI is InChI=1S/C24H25N3O5/c1-25(2)17-12-10-15(11-13-17)21-20(22(28)16-6-5-9-19(14-16)27(31)32)23(29)24(30)26(21)18-7-3-4-8-18/h5-6,9-14,18,21,28H,3-4,7-8H2,1-2H3/b22-20-. The maximum atomic E-state index is 13.1. The van der Waals surface area contributed by atoms with E-state index >= 15 is 0 Å². The van der Waals surface area contributed by atoms with E-state index in [0.717, 1.165) is 31.4 Å². The first-order valence-electron chi connectivity index (χ1n) is 10.6. The molecule has 32 heavy (non-hydrogen) atoms. The van der Waals surface area contributed by atoms with Gasteiger partial charge in [0.15, 0.2) is 0 Å². The van der Waals surface area contributed by atoms with Crippen LogP contribution in [-0.4, -0.2) is 46.8 Å². The number of anilines is 1. The molecular formula is C24H25N3O5. The highest BCUT2D eigenvalue weighted by Gasteiger charge is 2.49. The molecule has 8 nitrogen and oxygen atoms in total.